The lowest BCUT2D eigenvalue weighted by molar-refractivity contribution is 0.451. The first-order valence-electron chi connectivity index (χ1n) is 5.15. The highest BCUT2D eigenvalue weighted by molar-refractivity contribution is 9.10. The SMILES string of the molecule is Cc1ccc(Oc2ccc(CN)nn2)c(Br)c1. The zero-order chi connectivity index (χ0) is 12.3. The Balaban J connectivity index is 2.19. The molecule has 0 aliphatic rings. The fourth-order valence-corrected chi connectivity index (χ4v) is 1.89. The molecule has 0 radical (unpaired) electrons. The minimum atomic E-state index is 0.376. The topological polar surface area (TPSA) is 61.0 Å². The zero-order valence-electron chi connectivity index (χ0n) is 9.35. The maximum Gasteiger partial charge on any atom is 0.238 e. The average molecular weight is 294 g/mol. The summed E-state index contributed by atoms with van der Waals surface area (Å²) in [6.45, 7) is 2.39. The van der Waals surface area contributed by atoms with E-state index in [-0.39, 0.29) is 0 Å². The van der Waals surface area contributed by atoms with Crippen molar-refractivity contribution in [2.45, 2.75) is 13.5 Å². The van der Waals surface area contributed by atoms with E-state index in [1.54, 1.807) is 12.1 Å². The van der Waals surface area contributed by atoms with Gasteiger partial charge in [-0.25, -0.2) is 0 Å². The van der Waals surface area contributed by atoms with Gasteiger partial charge in [0.1, 0.15) is 5.75 Å². The van der Waals surface area contributed by atoms with Gasteiger partial charge in [-0.3, -0.25) is 0 Å². The lowest BCUT2D eigenvalue weighted by Crippen LogP contribution is -2.01. The van der Waals surface area contributed by atoms with Crippen molar-refractivity contribution < 1.29 is 4.74 Å². The number of aromatic nitrogens is 2. The molecule has 0 amide bonds. The van der Waals surface area contributed by atoms with Crippen LogP contribution >= 0.6 is 15.9 Å². The molecule has 2 N–H and O–H groups in total. The molecule has 0 bridgehead atoms. The van der Waals surface area contributed by atoms with E-state index in [1.807, 2.05) is 25.1 Å². The third-order valence-corrected chi connectivity index (χ3v) is 2.83. The molecule has 0 spiro atoms. The van der Waals surface area contributed by atoms with Gasteiger partial charge in [0.15, 0.2) is 0 Å². The molecule has 5 heteroatoms. The van der Waals surface area contributed by atoms with Crippen molar-refractivity contribution in [2.24, 2.45) is 5.73 Å². The summed E-state index contributed by atoms with van der Waals surface area (Å²) in [5.41, 5.74) is 7.34. The second kappa shape index (κ2) is 5.25. The molecular formula is C12H12BrN3O. The van der Waals surface area contributed by atoms with E-state index in [1.165, 1.54) is 0 Å². The summed E-state index contributed by atoms with van der Waals surface area (Å²) in [6.07, 6.45) is 0. The van der Waals surface area contributed by atoms with E-state index >= 15 is 0 Å². The number of ether oxygens (including phenoxy) is 1. The second-order valence-electron chi connectivity index (χ2n) is 3.60. The van der Waals surface area contributed by atoms with E-state index in [9.17, 15) is 0 Å². The van der Waals surface area contributed by atoms with Crippen molar-refractivity contribution in [3.8, 4) is 11.6 Å². The second-order valence-corrected chi connectivity index (χ2v) is 4.46. The summed E-state index contributed by atoms with van der Waals surface area (Å²) in [7, 11) is 0. The molecule has 0 saturated carbocycles. The summed E-state index contributed by atoms with van der Waals surface area (Å²) < 4.78 is 6.49. The first kappa shape index (κ1) is 12.0. The Hall–Kier alpha value is -1.46. The molecule has 0 aliphatic heterocycles. The Morgan fingerprint density at radius 2 is 2.06 bits per heavy atom. The molecule has 17 heavy (non-hydrogen) atoms. The van der Waals surface area contributed by atoms with E-state index in [0.29, 0.717) is 18.2 Å². The summed E-state index contributed by atoms with van der Waals surface area (Å²) in [6, 6.07) is 9.39. The monoisotopic (exact) mass is 293 g/mol. The van der Waals surface area contributed by atoms with Crippen LogP contribution in [0.1, 0.15) is 11.3 Å². The third kappa shape index (κ3) is 3.01. The lowest BCUT2D eigenvalue weighted by atomic mass is 10.2. The molecule has 1 aromatic heterocycles. The molecule has 2 rings (SSSR count). The first-order valence-corrected chi connectivity index (χ1v) is 5.95. The molecular weight excluding hydrogens is 282 g/mol. The van der Waals surface area contributed by atoms with Crippen molar-refractivity contribution in [2.75, 3.05) is 0 Å². The fourth-order valence-electron chi connectivity index (χ4n) is 1.31. The van der Waals surface area contributed by atoms with Crippen molar-refractivity contribution in [3.05, 3.63) is 46.1 Å². The van der Waals surface area contributed by atoms with Gasteiger partial charge in [-0.15, -0.1) is 5.10 Å². The van der Waals surface area contributed by atoms with Crippen LogP contribution in [0.25, 0.3) is 0 Å². The summed E-state index contributed by atoms with van der Waals surface area (Å²) in [5, 5.41) is 7.86. The molecule has 0 saturated heterocycles. The van der Waals surface area contributed by atoms with Gasteiger partial charge >= 0.3 is 0 Å². The van der Waals surface area contributed by atoms with Crippen LogP contribution in [0.4, 0.5) is 0 Å². The zero-order valence-corrected chi connectivity index (χ0v) is 10.9. The molecule has 1 aromatic carbocycles. The van der Waals surface area contributed by atoms with E-state index in [0.717, 1.165) is 15.7 Å². The van der Waals surface area contributed by atoms with Crippen molar-refractivity contribution in [3.63, 3.8) is 0 Å². The molecule has 1 heterocycles. The molecule has 4 nitrogen and oxygen atoms in total. The Labute approximate surface area is 108 Å². The highest BCUT2D eigenvalue weighted by Gasteiger charge is 2.04. The van der Waals surface area contributed by atoms with Gasteiger partial charge < -0.3 is 10.5 Å². The Bertz CT molecular complexity index is 514. The molecule has 0 atom stereocenters. The normalized spacial score (nSPS) is 10.3. The van der Waals surface area contributed by atoms with Gasteiger partial charge in [-0.2, -0.15) is 5.10 Å². The summed E-state index contributed by atoms with van der Waals surface area (Å²) in [5.74, 6) is 1.16. The average Bonchev–Trinajstić information content (AvgIpc) is 2.34. The summed E-state index contributed by atoms with van der Waals surface area (Å²) >= 11 is 3.44. The number of rotatable bonds is 3. The number of nitrogens with zero attached hydrogens (tertiary/aromatic N) is 2. The predicted molar refractivity (Wildman–Crippen MR) is 68.9 cm³/mol. The van der Waals surface area contributed by atoms with Gasteiger partial charge in [0, 0.05) is 12.6 Å². The van der Waals surface area contributed by atoms with Crippen LogP contribution in [0.15, 0.2) is 34.8 Å². The van der Waals surface area contributed by atoms with Crippen LogP contribution in [0.3, 0.4) is 0 Å². The van der Waals surface area contributed by atoms with Gasteiger partial charge in [-0.1, -0.05) is 6.07 Å². The first-order chi connectivity index (χ1) is 8.19. The molecule has 2 aromatic rings. The number of hydrogen-bond donors (Lipinski definition) is 1. The van der Waals surface area contributed by atoms with Gasteiger partial charge in [-0.05, 0) is 46.6 Å². The quantitative estimate of drug-likeness (QED) is 0.945. The maximum atomic E-state index is 5.60. The standard InChI is InChI=1S/C12H12BrN3O/c1-8-2-4-11(10(13)6-8)17-12-5-3-9(7-14)15-16-12/h2-6H,7,14H2,1H3. The van der Waals surface area contributed by atoms with Gasteiger partial charge in [0.2, 0.25) is 5.88 Å². The largest absolute Gasteiger partial charge is 0.436 e. The fraction of sp³-hybridized carbons (Fsp3) is 0.167. The van der Waals surface area contributed by atoms with Crippen LogP contribution in [-0.4, -0.2) is 10.2 Å². The minimum Gasteiger partial charge on any atom is -0.436 e. The van der Waals surface area contributed by atoms with Crippen LogP contribution < -0.4 is 10.5 Å². The summed E-state index contributed by atoms with van der Waals surface area (Å²) in [4.78, 5) is 0. The predicted octanol–water partition coefficient (Wildman–Crippen LogP) is 2.80. The van der Waals surface area contributed by atoms with Crippen LogP contribution in [0, 0.1) is 6.92 Å². The smallest absolute Gasteiger partial charge is 0.238 e. The van der Waals surface area contributed by atoms with Crippen LogP contribution in [0.5, 0.6) is 11.6 Å². The highest BCUT2D eigenvalue weighted by Crippen LogP contribution is 2.29. The van der Waals surface area contributed by atoms with Crippen LogP contribution in [0.2, 0.25) is 0 Å². The number of hydrogen-bond acceptors (Lipinski definition) is 4. The van der Waals surface area contributed by atoms with Gasteiger partial charge in [0.05, 0.1) is 10.2 Å². The number of aryl methyl sites for hydroxylation is 1. The Morgan fingerprint density at radius 1 is 1.24 bits per heavy atom. The van der Waals surface area contributed by atoms with Gasteiger partial charge in [0.25, 0.3) is 0 Å². The number of benzene rings is 1. The maximum absolute atomic E-state index is 5.60. The van der Waals surface area contributed by atoms with Crippen LogP contribution in [-0.2, 0) is 6.54 Å². The van der Waals surface area contributed by atoms with Crippen molar-refractivity contribution in [1.82, 2.24) is 10.2 Å². The van der Waals surface area contributed by atoms with E-state index in [4.69, 9.17) is 10.5 Å². The van der Waals surface area contributed by atoms with Crippen molar-refractivity contribution >= 4 is 15.9 Å². The highest BCUT2D eigenvalue weighted by atomic mass is 79.9. The molecule has 0 fully saturated rings. The van der Waals surface area contributed by atoms with E-state index in [2.05, 4.69) is 26.1 Å². The number of halogens is 1. The molecule has 0 aliphatic carbocycles. The molecule has 0 unspecified atom stereocenters. The number of nitrogens with two attached hydrogens (primary N) is 1. The minimum absolute atomic E-state index is 0.376. The van der Waals surface area contributed by atoms with Crippen molar-refractivity contribution in [1.29, 1.82) is 0 Å². The molecule has 88 valence electrons. The Morgan fingerprint density at radius 3 is 2.65 bits per heavy atom. The third-order valence-electron chi connectivity index (χ3n) is 2.21. The van der Waals surface area contributed by atoms with E-state index < -0.39 is 0 Å². The Kier molecular flexibility index (Phi) is 3.71. The lowest BCUT2D eigenvalue weighted by Gasteiger charge is -2.07.